The van der Waals surface area contributed by atoms with Gasteiger partial charge >= 0.3 is 0 Å². The van der Waals surface area contributed by atoms with E-state index in [2.05, 4.69) is 11.8 Å². The molecular weight excluding hydrogens is 212 g/mol. The molecule has 0 amide bonds. The summed E-state index contributed by atoms with van der Waals surface area (Å²) in [4.78, 5) is 2.60. The van der Waals surface area contributed by atoms with Crippen molar-refractivity contribution < 1.29 is 4.74 Å². The van der Waals surface area contributed by atoms with Gasteiger partial charge in [-0.15, -0.1) is 0 Å². The molecule has 1 aliphatic carbocycles. The van der Waals surface area contributed by atoms with E-state index in [0.29, 0.717) is 18.1 Å². The van der Waals surface area contributed by atoms with Gasteiger partial charge in [0.15, 0.2) is 0 Å². The summed E-state index contributed by atoms with van der Waals surface area (Å²) in [6, 6.07) is 0.600. The zero-order valence-electron chi connectivity index (χ0n) is 11.4. The van der Waals surface area contributed by atoms with Gasteiger partial charge in [0, 0.05) is 26.2 Å². The first kappa shape index (κ1) is 13.3. The minimum absolute atomic E-state index is 0.402. The quantitative estimate of drug-likeness (QED) is 0.815. The van der Waals surface area contributed by atoms with Gasteiger partial charge in [0.05, 0.1) is 6.10 Å². The Bertz CT molecular complexity index is 228. The van der Waals surface area contributed by atoms with E-state index in [1.807, 2.05) is 7.11 Å². The van der Waals surface area contributed by atoms with Crippen molar-refractivity contribution in [3.05, 3.63) is 0 Å². The molecule has 0 aromatic rings. The highest BCUT2D eigenvalue weighted by Crippen LogP contribution is 2.32. The van der Waals surface area contributed by atoms with Crippen molar-refractivity contribution in [3.8, 4) is 0 Å². The molecule has 100 valence electrons. The van der Waals surface area contributed by atoms with Crippen molar-refractivity contribution in [2.24, 2.45) is 17.6 Å². The van der Waals surface area contributed by atoms with Gasteiger partial charge in [0.1, 0.15) is 0 Å². The van der Waals surface area contributed by atoms with Gasteiger partial charge in [-0.3, -0.25) is 4.90 Å². The number of likely N-dealkylation sites (tertiary alicyclic amines) is 1. The number of nitrogens with two attached hydrogens (primary N) is 1. The fourth-order valence-electron chi connectivity index (χ4n) is 3.65. The van der Waals surface area contributed by atoms with Gasteiger partial charge in [0.25, 0.3) is 0 Å². The second kappa shape index (κ2) is 6.17. The second-order valence-corrected chi connectivity index (χ2v) is 5.88. The molecule has 3 heteroatoms. The fourth-order valence-corrected chi connectivity index (χ4v) is 3.65. The van der Waals surface area contributed by atoms with Crippen LogP contribution in [0, 0.1) is 11.8 Å². The lowest BCUT2D eigenvalue weighted by Crippen LogP contribution is -2.53. The molecule has 0 aromatic heterocycles. The molecule has 2 N–H and O–H groups in total. The molecule has 1 saturated heterocycles. The highest BCUT2D eigenvalue weighted by molar-refractivity contribution is 4.88. The Morgan fingerprint density at radius 3 is 2.59 bits per heavy atom. The largest absolute Gasteiger partial charge is 0.380 e. The maximum atomic E-state index is 6.02. The molecule has 0 spiro atoms. The van der Waals surface area contributed by atoms with Gasteiger partial charge in [-0.05, 0) is 37.6 Å². The predicted octanol–water partition coefficient (Wildman–Crippen LogP) is 1.86. The maximum Gasteiger partial charge on any atom is 0.0724 e. The van der Waals surface area contributed by atoms with Crippen LogP contribution in [-0.2, 0) is 4.74 Å². The fraction of sp³-hybridized carbons (Fsp3) is 1.00. The molecule has 0 bridgehead atoms. The Balaban J connectivity index is 1.94. The summed E-state index contributed by atoms with van der Waals surface area (Å²) >= 11 is 0. The summed E-state index contributed by atoms with van der Waals surface area (Å²) in [6.07, 6.45) is 7.22. The molecule has 3 unspecified atom stereocenters. The molecular formula is C14H28N2O. The average Bonchev–Trinajstić information content (AvgIpc) is 2.86. The molecule has 0 radical (unpaired) electrons. The molecule has 2 aliphatic rings. The smallest absolute Gasteiger partial charge is 0.0724 e. The number of ether oxygens (including phenoxy) is 1. The lowest BCUT2D eigenvalue weighted by molar-refractivity contribution is -0.0261. The number of hydrogen-bond acceptors (Lipinski definition) is 3. The lowest BCUT2D eigenvalue weighted by atomic mass is 9.90. The summed E-state index contributed by atoms with van der Waals surface area (Å²) < 4.78 is 5.61. The average molecular weight is 240 g/mol. The molecule has 2 rings (SSSR count). The van der Waals surface area contributed by atoms with Gasteiger partial charge in [0.2, 0.25) is 0 Å². The summed E-state index contributed by atoms with van der Waals surface area (Å²) in [7, 11) is 1.84. The molecule has 17 heavy (non-hydrogen) atoms. The number of hydrogen-bond donors (Lipinski definition) is 1. The zero-order chi connectivity index (χ0) is 12.3. The Hall–Kier alpha value is -0.120. The van der Waals surface area contributed by atoms with Crippen LogP contribution in [0.3, 0.4) is 0 Å². The van der Waals surface area contributed by atoms with E-state index in [0.717, 1.165) is 19.0 Å². The minimum Gasteiger partial charge on any atom is -0.380 e. The summed E-state index contributed by atoms with van der Waals surface area (Å²) in [5.74, 6) is 1.53. The highest BCUT2D eigenvalue weighted by atomic mass is 16.5. The van der Waals surface area contributed by atoms with E-state index in [9.17, 15) is 0 Å². The zero-order valence-corrected chi connectivity index (χ0v) is 11.4. The predicted molar refractivity (Wildman–Crippen MR) is 71.0 cm³/mol. The Labute approximate surface area is 106 Å². The Morgan fingerprint density at radius 2 is 2.00 bits per heavy atom. The van der Waals surface area contributed by atoms with E-state index >= 15 is 0 Å². The first-order valence-corrected chi connectivity index (χ1v) is 7.23. The van der Waals surface area contributed by atoms with Crippen LogP contribution in [-0.4, -0.2) is 43.8 Å². The Morgan fingerprint density at radius 1 is 1.29 bits per heavy atom. The van der Waals surface area contributed by atoms with Gasteiger partial charge in [-0.2, -0.15) is 0 Å². The normalized spacial score (nSPS) is 34.1. The molecule has 3 atom stereocenters. The summed E-state index contributed by atoms with van der Waals surface area (Å²) in [5, 5.41) is 0. The molecule has 3 nitrogen and oxygen atoms in total. The summed E-state index contributed by atoms with van der Waals surface area (Å²) in [6.45, 7) is 5.41. The van der Waals surface area contributed by atoms with Crippen molar-refractivity contribution in [3.63, 3.8) is 0 Å². The van der Waals surface area contributed by atoms with Crippen LogP contribution in [0.1, 0.15) is 39.0 Å². The van der Waals surface area contributed by atoms with Crippen molar-refractivity contribution in [1.29, 1.82) is 0 Å². The van der Waals surface area contributed by atoms with Crippen LogP contribution in [0.25, 0.3) is 0 Å². The first-order valence-electron chi connectivity index (χ1n) is 7.23. The van der Waals surface area contributed by atoms with E-state index in [4.69, 9.17) is 10.5 Å². The molecule has 0 aromatic carbocycles. The van der Waals surface area contributed by atoms with Crippen LogP contribution < -0.4 is 5.73 Å². The molecule has 1 saturated carbocycles. The van der Waals surface area contributed by atoms with Crippen LogP contribution >= 0.6 is 0 Å². The first-order chi connectivity index (χ1) is 8.26. The maximum absolute atomic E-state index is 6.02. The summed E-state index contributed by atoms with van der Waals surface area (Å²) in [5.41, 5.74) is 6.02. The molecule has 1 aliphatic heterocycles. The van der Waals surface area contributed by atoms with Crippen LogP contribution in [0.15, 0.2) is 0 Å². The van der Waals surface area contributed by atoms with Gasteiger partial charge < -0.3 is 10.5 Å². The van der Waals surface area contributed by atoms with Gasteiger partial charge in [-0.25, -0.2) is 0 Å². The van der Waals surface area contributed by atoms with Crippen molar-refractivity contribution in [2.75, 3.05) is 26.7 Å². The van der Waals surface area contributed by atoms with Gasteiger partial charge in [-0.1, -0.05) is 19.8 Å². The Kier molecular flexibility index (Phi) is 4.83. The van der Waals surface area contributed by atoms with Crippen LogP contribution in [0.4, 0.5) is 0 Å². The van der Waals surface area contributed by atoms with E-state index in [-0.39, 0.29) is 0 Å². The van der Waals surface area contributed by atoms with Crippen LogP contribution in [0.2, 0.25) is 0 Å². The van der Waals surface area contributed by atoms with Crippen molar-refractivity contribution in [2.45, 2.75) is 51.2 Å². The third-order valence-electron chi connectivity index (χ3n) is 4.88. The third-order valence-corrected chi connectivity index (χ3v) is 4.88. The highest BCUT2D eigenvalue weighted by Gasteiger charge is 2.34. The lowest BCUT2D eigenvalue weighted by Gasteiger charge is -2.42. The van der Waals surface area contributed by atoms with E-state index in [1.54, 1.807) is 0 Å². The minimum atomic E-state index is 0.402. The van der Waals surface area contributed by atoms with E-state index in [1.165, 1.54) is 38.6 Å². The number of nitrogens with zero attached hydrogens (tertiary/aromatic N) is 1. The van der Waals surface area contributed by atoms with E-state index < -0.39 is 0 Å². The third kappa shape index (κ3) is 3.01. The number of methoxy groups -OCH3 is 1. The van der Waals surface area contributed by atoms with Crippen molar-refractivity contribution >= 4 is 0 Å². The topological polar surface area (TPSA) is 38.5 Å². The number of piperidine rings is 1. The van der Waals surface area contributed by atoms with Crippen molar-refractivity contribution in [1.82, 2.24) is 4.90 Å². The monoisotopic (exact) mass is 240 g/mol. The molecule has 2 fully saturated rings. The van der Waals surface area contributed by atoms with Crippen LogP contribution in [0.5, 0.6) is 0 Å². The number of rotatable bonds is 4. The standard InChI is InChI=1S/C14H28N2O/c1-11-7-8-16(10-14(11)17-2)13(9-15)12-5-3-4-6-12/h11-14H,3-10,15H2,1-2H3. The molecule has 1 heterocycles. The SMILES string of the molecule is COC1CN(C(CN)C2CCCC2)CCC1C. The second-order valence-electron chi connectivity index (χ2n) is 5.88.